The molecule has 1 fully saturated rings. The molecule has 0 saturated carbocycles. The Balaban J connectivity index is 1.41. The van der Waals surface area contributed by atoms with E-state index in [0.29, 0.717) is 23.0 Å². The predicted molar refractivity (Wildman–Crippen MR) is 114 cm³/mol. The van der Waals surface area contributed by atoms with E-state index in [0.717, 1.165) is 31.7 Å². The number of carbonyl (C=O) groups is 1. The lowest BCUT2D eigenvalue weighted by Gasteiger charge is -2.33. The topological polar surface area (TPSA) is 71.0 Å². The summed E-state index contributed by atoms with van der Waals surface area (Å²) in [4.78, 5) is 13.5. The van der Waals surface area contributed by atoms with Gasteiger partial charge in [-0.1, -0.05) is 29.8 Å². The Morgan fingerprint density at radius 2 is 2.00 bits per heavy atom. The molecule has 0 bridgehead atoms. The molecule has 1 heterocycles. The molecule has 0 aromatic heterocycles. The zero-order valence-corrected chi connectivity index (χ0v) is 17.3. The van der Waals surface area contributed by atoms with Crippen molar-refractivity contribution in [3.8, 4) is 11.5 Å². The molecule has 0 radical (unpaired) electrons. The van der Waals surface area contributed by atoms with E-state index in [1.807, 2.05) is 36.4 Å². The minimum Gasteiger partial charge on any atom is -0.490 e. The molecule has 2 N–H and O–H groups in total. The molecule has 7 heteroatoms. The lowest BCUT2D eigenvalue weighted by molar-refractivity contribution is -0.114. The second kappa shape index (κ2) is 10.5. The molecule has 0 aliphatic carbocycles. The van der Waals surface area contributed by atoms with Gasteiger partial charge in [0.1, 0.15) is 30.3 Å². The molecule has 6 nitrogen and oxygen atoms in total. The number of aliphatic hydroxyl groups excluding tert-OH is 1. The van der Waals surface area contributed by atoms with Crippen LogP contribution in [0.25, 0.3) is 0 Å². The molecule has 1 saturated heterocycles. The van der Waals surface area contributed by atoms with Crippen LogP contribution in [-0.4, -0.2) is 54.4 Å². The van der Waals surface area contributed by atoms with Crippen LogP contribution in [0.2, 0.25) is 5.02 Å². The maximum absolute atomic E-state index is 11.3. The highest BCUT2D eigenvalue weighted by atomic mass is 35.5. The van der Waals surface area contributed by atoms with Crippen LogP contribution in [0.4, 0.5) is 5.69 Å². The Morgan fingerprint density at radius 1 is 1.24 bits per heavy atom. The van der Waals surface area contributed by atoms with Crippen molar-refractivity contribution in [2.75, 3.05) is 31.6 Å². The van der Waals surface area contributed by atoms with Gasteiger partial charge in [0.2, 0.25) is 5.91 Å². The van der Waals surface area contributed by atoms with Crippen molar-refractivity contribution in [1.82, 2.24) is 4.90 Å². The van der Waals surface area contributed by atoms with Crippen LogP contribution in [0.15, 0.2) is 48.5 Å². The summed E-state index contributed by atoms with van der Waals surface area (Å²) in [6, 6.07) is 14.7. The van der Waals surface area contributed by atoms with Gasteiger partial charge in [-0.2, -0.15) is 0 Å². The van der Waals surface area contributed by atoms with Gasteiger partial charge < -0.3 is 24.8 Å². The molecule has 1 atom stereocenters. The molecular weight excluding hydrogens is 392 g/mol. The summed E-state index contributed by atoms with van der Waals surface area (Å²) in [6.45, 7) is 3.85. The summed E-state index contributed by atoms with van der Waals surface area (Å²) in [5.74, 6) is 1.18. The number of para-hydroxylation sites is 2. The van der Waals surface area contributed by atoms with Crippen molar-refractivity contribution < 1.29 is 19.4 Å². The van der Waals surface area contributed by atoms with E-state index in [1.165, 1.54) is 6.92 Å². The molecule has 1 aliphatic rings. The van der Waals surface area contributed by atoms with Gasteiger partial charge in [-0.25, -0.2) is 0 Å². The van der Waals surface area contributed by atoms with Crippen LogP contribution in [0.3, 0.4) is 0 Å². The number of hydrogen-bond acceptors (Lipinski definition) is 5. The minimum atomic E-state index is -0.620. The summed E-state index contributed by atoms with van der Waals surface area (Å²) >= 11 is 6.00. The fourth-order valence-electron chi connectivity index (χ4n) is 3.36. The maximum Gasteiger partial charge on any atom is 0.221 e. The normalized spacial score (nSPS) is 16.2. The quantitative estimate of drug-likeness (QED) is 0.685. The molecule has 1 amide bonds. The first kappa shape index (κ1) is 21.4. The highest BCUT2D eigenvalue weighted by Gasteiger charge is 2.22. The van der Waals surface area contributed by atoms with Crippen LogP contribution in [-0.2, 0) is 4.79 Å². The number of likely N-dealkylation sites (tertiary alicyclic amines) is 1. The van der Waals surface area contributed by atoms with Gasteiger partial charge >= 0.3 is 0 Å². The summed E-state index contributed by atoms with van der Waals surface area (Å²) in [5, 5.41) is 13.8. The number of carbonyl (C=O) groups excluding carboxylic acids is 1. The molecule has 2 aromatic carbocycles. The third-order valence-electron chi connectivity index (χ3n) is 4.73. The van der Waals surface area contributed by atoms with E-state index in [9.17, 15) is 9.90 Å². The lowest BCUT2D eigenvalue weighted by Crippen LogP contribution is -2.43. The average molecular weight is 419 g/mol. The first-order valence-electron chi connectivity index (χ1n) is 9.81. The number of halogens is 1. The summed E-state index contributed by atoms with van der Waals surface area (Å²) in [5.41, 5.74) is 0.603. The fraction of sp³-hybridized carbons (Fsp3) is 0.409. The van der Waals surface area contributed by atoms with Crippen LogP contribution in [0.1, 0.15) is 19.8 Å². The van der Waals surface area contributed by atoms with Crippen molar-refractivity contribution in [2.45, 2.75) is 32.0 Å². The van der Waals surface area contributed by atoms with Gasteiger partial charge in [-0.3, -0.25) is 4.79 Å². The average Bonchev–Trinajstić information content (AvgIpc) is 2.68. The van der Waals surface area contributed by atoms with E-state index in [-0.39, 0.29) is 18.6 Å². The highest BCUT2D eigenvalue weighted by Crippen LogP contribution is 2.24. The predicted octanol–water partition coefficient (Wildman–Crippen LogP) is 3.58. The number of nitrogens with zero attached hydrogens (tertiary/aromatic N) is 1. The molecule has 2 aromatic rings. The number of piperidine rings is 1. The molecule has 1 aliphatic heterocycles. The van der Waals surface area contributed by atoms with Crippen molar-refractivity contribution in [3.05, 3.63) is 53.6 Å². The smallest absolute Gasteiger partial charge is 0.221 e. The zero-order chi connectivity index (χ0) is 20.6. The van der Waals surface area contributed by atoms with Gasteiger partial charge in [0.15, 0.2) is 0 Å². The van der Waals surface area contributed by atoms with Crippen molar-refractivity contribution in [2.24, 2.45) is 0 Å². The SMILES string of the molecule is CC(=O)Nc1ccccc1OCC(O)CN1CCC(Oc2cccc(Cl)c2)CC1. The van der Waals surface area contributed by atoms with Gasteiger partial charge in [0.25, 0.3) is 0 Å². The first-order chi connectivity index (χ1) is 14.0. The molecule has 0 spiro atoms. The second-order valence-electron chi connectivity index (χ2n) is 7.22. The van der Waals surface area contributed by atoms with Crippen molar-refractivity contribution in [1.29, 1.82) is 0 Å². The van der Waals surface area contributed by atoms with Gasteiger partial charge in [-0.05, 0) is 43.2 Å². The van der Waals surface area contributed by atoms with E-state index in [2.05, 4.69) is 10.2 Å². The number of aliphatic hydroxyl groups is 1. The Morgan fingerprint density at radius 3 is 2.72 bits per heavy atom. The van der Waals surface area contributed by atoms with Crippen LogP contribution in [0, 0.1) is 0 Å². The number of nitrogens with one attached hydrogen (secondary N) is 1. The largest absolute Gasteiger partial charge is 0.490 e. The fourth-order valence-corrected chi connectivity index (χ4v) is 3.54. The van der Waals surface area contributed by atoms with Crippen molar-refractivity contribution >= 4 is 23.2 Å². The number of rotatable bonds is 8. The number of amides is 1. The maximum atomic E-state index is 11.3. The van der Waals surface area contributed by atoms with Gasteiger partial charge in [0.05, 0.1) is 5.69 Å². The standard InChI is InChI=1S/C22H27ClN2O4/c1-16(26)24-21-7-2-3-8-22(21)28-15-18(27)14-25-11-9-19(10-12-25)29-20-6-4-5-17(23)13-20/h2-8,13,18-19,27H,9-12,14-15H2,1H3,(H,24,26). The molecule has 1 unspecified atom stereocenters. The summed E-state index contributed by atoms with van der Waals surface area (Å²) in [7, 11) is 0. The molecule has 156 valence electrons. The number of anilines is 1. The monoisotopic (exact) mass is 418 g/mol. The minimum absolute atomic E-state index is 0.155. The van der Waals surface area contributed by atoms with Crippen molar-refractivity contribution in [3.63, 3.8) is 0 Å². The highest BCUT2D eigenvalue weighted by molar-refractivity contribution is 6.30. The Bertz CT molecular complexity index is 809. The first-order valence-corrected chi connectivity index (χ1v) is 10.2. The number of ether oxygens (including phenoxy) is 2. The van der Waals surface area contributed by atoms with E-state index in [4.69, 9.17) is 21.1 Å². The number of β-amino-alcohol motifs (C(OH)–C–C–N with tert-alkyl or cyclic N) is 1. The Labute approximate surface area is 176 Å². The third-order valence-corrected chi connectivity index (χ3v) is 4.97. The Kier molecular flexibility index (Phi) is 7.75. The molecular formula is C22H27ClN2O4. The zero-order valence-electron chi connectivity index (χ0n) is 16.5. The van der Waals surface area contributed by atoms with E-state index < -0.39 is 6.10 Å². The lowest BCUT2D eigenvalue weighted by atomic mass is 10.1. The van der Waals surface area contributed by atoms with E-state index in [1.54, 1.807) is 12.1 Å². The Hall–Kier alpha value is -2.28. The van der Waals surface area contributed by atoms with Crippen LogP contribution >= 0.6 is 11.6 Å². The summed E-state index contributed by atoms with van der Waals surface area (Å²) < 4.78 is 11.7. The number of hydrogen-bond donors (Lipinski definition) is 2. The van der Waals surface area contributed by atoms with Crippen LogP contribution < -0.4 is 14.8 Å². The third kappa shape index (κ3) is 6.92. The van der Waals surface area contributed by atoms with Gasteiger partial charge in [-0.15, -0.1) is 0 Å². The van der Waals surface area contributed by atoms with Crippen LogP contribution in [0.5, 0.6) is 11.5 Å². The summed E-state index contributed by atoms with van der Waals surface area (Å²) in [6.07, 6.45) is 1.32. The second-order valence-corrected chi connectivity index (χ2v) is 7.65. The number of benzene rings is 2. The molecule has 29 heavy (non-hydrogen) atoms. The van der Waals surface area contributed by atoms with Gasteiger partial charge in [0, 0.05) is 31.6 Å². The van der Waals surface area contributed by atoms with E-state index >= 15 is 0 Å². The molecule has 3 rings (SSSR count).